The molecule has 5 nitrogen and oxygen atoms in total. The molecule has 0 spiro atoms. The number of aryl methyl sites for hydroxylation is 1. The van der Waals surface area contributed by atoms with E-state index in [2.05, 4.69) is 4.90 Å². The van der Waals surface area contributed by atoms with Crippen LogP contribution < -0.4 is 0 Å². The van der Waals surface area contributed by atoms with Crippen LogP contribution in [0.2, 0.25) is 0 Å². The minimum absolute atomic E-state index is 0.180. The third kappa shape index (κ3) is 3.66. The van der Waals surface area contributed by atoms with Gasteiger partial charge in [-0.15, -0.1) is 0 Å². The summed E-state index contributed by atoms with van der Waals surface area (Å²) in [5.74, 6) is 0.641. The lowest BCUT2D eigenvalue weighted by Gasteiger charge is -2.37. The van der Waals surface area contributed by atoms with Crippen molar-refractivity contribution in [2.75, 3.05) is 13.7 Å². The van der Waals surface area contributed by atoms with Crippen LogP contribution in [0.15, 0.2) is 10.5 Å². The highest BCUT2D eigenvalue weighted by Gasteiger charge is 2.28. The molecule has 0 unspecified atom stereocenters. The molecular weight excluding hydrogens is 270 g/mol. The monoisotopic (exact) mass is 295 g/mol. The topological polar surface area (TPSA) is 62.9 Å². The first-order valence-electron chi connectivity index (χ1n) is 7.68. The Hall–Kier alpha value is -1.33. The maximum Gasteiger partial charge on any atom is 0.373 e. The first-order chi connectivity index (χ1) is 10.1. The van der Waals surface area contributed by atoms with Gasteiger partial charge >= 0.3 is 5.97 Å². The van der Waals surface area contributed by atoms with Gasteiger partial charge in [-0.1, -0.05) is 13.3 Å². The fraction of sp³-hybridized carbons (Fsp3) is 0.688. The number of carbonyl (C=O) groups is 1. The largest absolute Gasteiger partial charge is 0.463 e. The van der Waals surface area contributed by atoms with Crippen LogP contribution >= 0.6 is 0 Å². The van der Waals surface area contributed by atoms with E-state index in [1.165, 1.54) is 7.11 Å². The van der Waals surface area contributed by atoms with E-state index >= 15 is 0 Å². The zero-order valence-corrected chi connectivity index (χ0v) is 13.1. The number of furan rings is 1. The number of nitrogens with zero attached hydrogens (tertiary/aromatic N) is 1. The molecule has 0 amide bonds. The van der Waals surface area contributed by atoms with Gasteiger partial charge < -0.3 is 14.3 Å². The molecule has 1 aromatic heterocycles. The highest BCUT2D eigenvalue weighted by atomic mass is 16.5. The molecule has 5 heteroatoms. The number of aliphatic hydroxyl groups excluding tert-OH is 1. The van der Waals surface area contributed by atoms with Gasteiger partial charge in [0.15, 0.2) is 0 Å². The summed E-state index contributed by atoms with van der Waals surface area (Å²) in [4.78, 5) is 13.9. The molecule has 1 fully saturated rings. The Morgan fingerprint density at radius 3 is 2.95 bits per heavy atom. The minimum Gasteiger partial charge on any atom is -0.463 e. The fourth-order valence-corrected chi connectivity index (χ4v) is 3.08. The Morgan fingerprint density at radius 1 is 1.57 bits per heavy atom. The van der Waals surface area contributed by atoms with Crippen LogP contribution in [0.1, 0.15) is 55.0 Å². The Bertz CT molecular complexity index is 481. The molecule has 1 aromatic rings. The van der Waals surface area contributed by atoms with E-state index in [9.17, 15) is 9.90 Å². The van der Waals surface area contributed by atoms with Crippen molar-refractivity contribution in [1.29, 1.82) is 0 Å². The molecule has 2 heterocycles. The van der Waals surface area contributed by atoms with Crippen LogP contribution in [-0.4, -0.2) is 41.8 Å². The Labute approximate surface area is 125 Å². The number of carbonyl (C=O) groups excluding carboxylic acids is 1. The van der Waals surface area contributed by atoms with Crippen LogP contribution in [0.3, 0.4) is 0 Å². The first-order valence-corrected chi connectivity index (χ1v) is 7.68. The molecule has 1 aliphatic rings. The normalized spacial score (nSPS) is 21.2. The number of esters is 1. The lowest BCUT2D eigenvalue weighted by Crippen LogP contribution is -2.45. The zero-order valence-electron chi connectivity index (χ0n) is 13.1. The predicted molar refractivity (Wildman–Crippen MR) is 79.2 cm³/mol. The van der Waals surface area contributed by atoms with Crippen molar-refractivity contribution in [3.05, 3.63) is 23.2 Å². The summed E-state index contributed by atoms with van der Waals surface area (Å²) in [6.45, 7) is 5.53. The van der Waals surface area contributed by atoms with Gasteiger partial charge in [0.05, 0.1) is 13.2 Å². The number of piperidine rings is 1. The standard InChI is InChI=1S/C16H25NO4/c1-4-14-12(9-15(21-14)16(19)20-3)10-17-8-6-5-7-13(17)11(2)18/h9,11,13,18H,4-8,10H2,1-3H3/t11-,13-/m1/s1. The van der Waals surface area contributed by atoms with Gasteiger partial charge in [-0.05, 0) is 32.4 Å². The minimum atomic E-state index is -0.443. The second-order valence-electron chi connectivity index (χ2n) is 5.68. The number of ether oxygens (including phenoxy) is 1. The second kappa shape index (κ2) is 7.09. The van der Waals surface area contributed by atoms with Crippen molar-refractivity contribution >= 4 is 5.97 Å². The Balaban J connectivity index is 2.17. The summed E-state index contributed by atoms with van der Waals surface area (Å²) >= 11 is 0. The summed E-state index contributed by atoms with van der Waals surface area (Å²) in [7, 11) is 1.35. The second-order valence-corrected chi connectivity index (χ2v) is 5.68. The van der Waals surface area contributed by atoms with Crippen molar-refractivity contribution in [1.82, 2.24) is 4.90 Å². The molecule has 0 aliphatic carbocycles. The van der Waals surface area contributed by atoms with E-state index in [0.717, 1.165) is 43.6 Å². The number of rotatable bonds is 5. The highest BCUT2D eigenvalue weighted by Crippen LogP contribution is 2.25. The molecule has 1 N–H and O–H groups in total. The molecule has 1 saturated heterocycles. The maximum absolute atomic E-state index is 11.6. The SMILES string of the molecule is CCc1oc(C(=O)OC)cc1CN1CCCC[C@@H]1[C@@H](C)O. The van der Waals surface area contributed by atoms with Gasteiger partial charge in [0, 0.05) is 24.6 Å². The molecule has 2 atom stereocenters. The number of hydrogen-bond acceptors (Lipinski definition) is 5. The number of likely N-dealkylation sites (tertiary alicyclic amines) is 1. The van der Waals surface area contributed by atoms with Crippen molar-refractivity contribution in [2.24, 2.45) is 0 Å². The number of methoxy groups -OCH3 is 1. The summed E-state index contributed by atoms with van der Waals surface area (Å²) < 4.78 is 10.3. The van der Waals surface area contributed by atoms with Crippen molar-refractivity contribution in [3.63, 3.8) is 0 Å². The van der Waals surface area contributed by atoms with Gasteiger partial charge in [-0.2, -0.15) is 0 Å². The molecule has 0 saturated carbocycles. The van der Waals surface area contributed by atoms with E-state index in [4.69, 9.17) is 9.15 Å². The summed E-state index contributed by atoms with van der Waals surface area (Å²) in [6.07, 6.45) is 3.71. The van der Waals surface area contributed by atoms with Crippen LogP contribution in [0.25, 0.3) is 0 Å². The van der Waals surface area contributed by atoms with E-state index in [1.807, 2.05) is 13.8 Å². The highest BCUT2D eigenvalue weighted by molar-refractivity contribution is 5.86. The van der Waals surface area contributed by atoms with Gasteiger partial charge in [0.2, 0.25) is 5.76 Å². The Morgan fingerprint density at radius 2 is 2.33 bits per heavy atom. The van der Waals surface area contributed by atoms with E-state index in [-0.39, 0.29) is 17.9 Å². The molecular formula is C16H25NO4. The quantitative estimate of drug-likeness (QED) is 0.845. The van der Waals surface area contributed by atoms with Crippen LogP contribution in [-0.2, 0) is 17.7 Å². The van der Waals surface area contributed by atoms with E-state index in [0.29, 0.717) is 6.54 Å². The molecule has 0 bridgehead atoms. The maximum atomic E-state index is 11.6. The third-order valence-corrected chi connectivity index (χ3v) is 4.20. The average molecular weight is 295 g/mol. The van der Waals surface area contributed by atoms with E-state index < -0.39 is 5.97 Å². The summed E-state index contributed by atoms with van der Waals surface area (Å²) in [6, 6.07) is 1.96. The van der Waals surface area contributed by atoms with Crippen molar-refractivity contribution < 1.29 is 19.1 Å². The molecule has 2 rings (SSSR count). The third-order valence-electron chi connectivity index (χ3n) is 4.20. The molecule has 1 aliphatic heterocycles. The van der Waals surface area contributed by atoms with E-state index in [1.54, 1.807) is 6.07 Å². The van der Waals surface area contributed by atoms with Gasteiger partial charge in [-0.3, -0.25) is 4.90 Å². The average Bonchev–Trinajstić information content (AvgIpc) is 2.89. The van der Waals surface area contributed by atoms with Gasteiger partial charge in [0.1, 0.15) is 5.76 Å². The number of aliphatic hydroxyl groups is 1. The Kier molecular flexibility index (Phi) is 5.42. The van der Waals surface area contributed by atoms with Crippen molar-refractivity contribution in [2.45, 2.75) is 58.2 Å². The van der Waals surface area contributed by atoms with Crippen molar-refractivity contribution in [3.8, 4) is 0 Å². The fourth-order valence-electron chi connectivity index (χ4n) is 3.08. The van der Waals surface area contributed by atoms with Crippen LogP contribution in [0.4, 0.5) is 0 Å². The van der Waals surface area contributed by atoms with Crippen LogP contribution in [0.5, 0.6) is 0 Å². The number of hydrogen-bond donors (Lipinski definition) is 1. The summed E-state index contributed by atoms with van der Waals surface area (Å²) in [5, 5.41) is 9.94. The van der Waals surface area contributed by atoms with Gasteiger partial charge in [0.25, 0.3) is 0 Å². The lowest BCUT2D eigenvalue weighted by molar-refractivity contribution is 0.0314. The predicted octanol–water partition coefficient (Wildman–Crippen LogP) is 2.36. The summed E-state index contributed by atoms with van der Waals surface area (Å²) in [5.41, 5.74) is 1.02. The van der Waals surface area contributed by atoms with Crippen LogP contribution in [0, 0.1) is 0 Å². The molecule has 21 heavy (non-hydrogen) atoms. The zero-order chi connectivity index (χ0) is 15.4. The molecule has 118 valence electrons. The van der Waals surface area contributed by atoms with Gasteiger partial charge in [-0.25, -0.2) is 4.79 Å². The smallest absolute Gasteiger partial charge is 0.373 e. The molecule has 0 aromatic carbocycles. The lowest BCUT2D eigenvalue weighted by atomic mass is 9.97. The molecule has 0 radical (unpaired) electrons. The first kappa shape index (κ1) is 16.0.